The molecular weight excluding hydrogens is 186 g/mol. The van der Waals surface area contributed by atoms with Crippen LogP contribution in [0.1, 0.15) is 27.2 Å². The molecule has 74 valence electrons. The van der Waals surface area contributed by atoms with E-state index in [2.05, 4.69) is 13.8 Å². The maximum atomic E-state index is 11.5. The highest BCUT2D eigenvalue weighted by molar-refractivity contribution is 6.30. The van der Waals surface area contributed by atoms with Gasteiger partial charge in [-0.05, 0) is 27.2 Å². The quantitative estimate of drug-likeness (QED) is 0.471. The molecule has 1 rings (SSSR count). The minimum atomic E-state index is -0.397. The first kappa shape index (κ1) is 10.6. The monoisotopic (exact) mass is 201 g/mol. The SMILES string of the molecule is CC1=C(C)CN(C(=O)[C@H](C)Cl)CC1. The second kappa shape index (κ2) is 4.14. The molecule has 1 heterocycles. The van der Waals surface area contributed by atoms with Gasteiger partial charge in [-0.3, -0.25) is 4.79 Å². The number of hydrogen-bond acceptors (Lipinski definition) is 1. The fraction of sp³-hybridized carbons (Fsp3) is 0.700. The highest BCUT2D eigenvalue weighted by Crippen LogP contribution is 2.18. The number of carbonyl (C=O) groups is 1. The van der Waals surface area contributed by atoms with E-state index in [0.29, 0.717) is 0 Å². The first-order valence-corrected chi connectivity index (χ1v) is 5.04. The Morgan fingerprint density at radius 2 is 2.08 bits per heavy atom. The Balaban J connectivity index is 2.63. The molecule has 0 saturated heterocycles. The zero-order valence-corrected chi connectivity index (χ0v) is 9.19. The fourth-order valence-corrected chi connectivity index (χ4v) is 1.59. The lowest BCUT2D eigenvalue weighted by Crippen LogP contribution is -2.39. The number of rotatable bonds is 1. The second-order valence-corrected chi connectivity index (χ2v) is 4.34. The molecule has 2 nitrogen and oxygen atoms in total. The van der Waals surface area contributed by atoms with Crippen LogP contribution in [0, 0.1) is 0 Å². The molecule has 1 aliphatic heterocycles. The van der Waals surface area contributed by atoms with Crippen molar-refractivity contribution in [1.82, 2.24) is 4.90 Å². The highest BCUT2D eigenvalue weighted by atomic mass is 35.5. The van der Waals surface area contributed by atoms with E-state index < -0.39 is 5.38 Å². The summed E-state index contributed by atoms with van der Waals surface area (Å²) in [6.45, 7) is 7.50. The van der Waals surface area contributed by atoms with E-state index in [9.17, 15) is 4.79 Å². The lowest BCUT2D eigenvalue weighted by Gasteiger charge is -2.29. The molecule has 1 aliphatic rings. The third-order valence-corrected chi connectivity index (χ3v) is 2.75. The second-order valence-electron chi connectivity index (χ2n) is 3.69. The summed E-state index contributed by atoms with van der Waals surface area (Å²) >= 11 is 5.74. The van der Waals surface area contributed by atoms with Crippen molar-refractivity contribution in [1.29, 1.82) is 0 Å². The molecule has 3 heteroatoms. The predicted octanol–water partition coefficient (Wildman–Crippen LogP) is 2.18. The van der Waals surface area contributed by atoms with Gasteiger partial charge in [-0.2, -0.15) is 0 Å². The molecule has 0 spiro atoms. The van der Waals surface area contributed by atoms with Crippen LogP contribution in [-0.4, -0.2) is 29.3 Å². The van der Waals surface area contributed by atoms with Crippen molar-refractivity contribution in [3.63, 3.8) is 0 Å². The van der Waals surface area contributed by atoms with Gasteiger partial charge in [0, 0.05) is 13.1 Å². The van der Waals surface area contributed by atoms with Crippen LogP contribution >= 0.6 is 11.6 Å². The molecular formula is C10H16ClNO. The van der Waals surface area contributed by atoms with Crippen molar-refractivity contribution < 1.29 is 4.79 Å². The van der Waals surface area contributed by atoms with Gasteiger partial charge in [-0.25, -0.2) is 0 Å². The molecule has 1 amide bonds. The molecule has 0 saturated carbocycles. The van der Waals surface area contributed by atoms with Crippen LogP contribution in [0.4, 0.5) is 0 Å². The summed E-state index contributed by atoms with van der Waals surface area (Å²) < 4.78 is 0. The van der Waals surface area contributed by atoms with Crippen LogP contribution in [0.3, 0.4) is 0 Å². The summed E-state index contributed by atoms with van der Waals surface area (Å²) in [5, 5.41) is -0.397. The van der Waals surface area contributed by atoms with Gasteiger partial charge < -0.3 is 4.90 Å². The molecule has 1 atom stereocenters. The molecule has 0 radical (unpaired) electrons. The molecule has 0 aliphatic carbocycles. The van der Waals surface area contributed by atoms with Crippen molar-refractivity contribution in [2.45, 2.75) is 32.6 Å². The van der Waals surface area contributed by atoms with Gasteiger partial charge in [0.15, 0.2) is 0 Å². The zero-order valence-electron chi connectivity index (χ0n) is 8.43. The van der Waals surface area contributed by atoms with E-state index in [0.717, 1.165) is 19.5 Å². The normalized spacial score (nSPS) is 20.5. The van der Waals surface area contributed by atoms with Gasteiger partial charge in [-0.15, -0.1) is 11.6 Å². The average Bonchev–Trinajstić information content (AvgIpc) is 2.08. The standard InChI is InChI=1S/C10H16ClNO/c1-7-4-5-12(6-8(7)2)10(13)9(3)11/h9H,4-6H2,1-3H3/t9-/m0/s1. The van der Waals surface area contributed by atoms with Crippen molar-refractivity contribution in [2.24, 2.45) is 0 Å². The minimum Gasteiger partial charge on any atom is -0.337 e. The van der Waals surface area contributed by atoms with Crippen LogP contribution < -0.4 is 0 Å². The maximum Gasteiger partial charge on any atom is 0.240 e. The topological polar surface area (TPSA) is 20.3 Å². The third kappa shape index (κ3) is 2.47. The average molecular weight is 202 g/mol. The molecule has 13 heavy (non-hydrogen) atoms. The fourth-order valence-electron chi connectivity index (χ4n) is 1.46. The number of carbonyl (C=O) groups excluding carboxylic acids is 1. The van der Waals surface area contributed by atoms with E-state index in [1.165, 1.54) is 11.1 Å². The van der Waals surface area contributed by atoms with Gasteiger partial charge in [-0.1, -0.05) is 11.1 Å². The predicted molar refractivity (Wildman–Crippen MR) is 54.9 cm³/mol. The number of hydrogen-bond donors (Lipinski definition) is 0. The molecule has 0 unspecified atom stereocenters. The number of halogens is 1. The number of amides is 1. The smallest absolute Gasteiger partial charge is 0.240 e. The van der Waals surface area contributed by atoms with Crippen molar-refractivity contribution in [2.75, 3.05) is 13.1 Å². The summed E-state index contributed by atoms with van der Waals surface area (Å²) in [4.78, 5) is 13.4. The molecule has 0 fully saturated rings. The largest absolute Gasteiger partial charge is 0.337 e. The zero-order chi connectivity index (χ0) is 10.0. The van der Waals surface area contributed by atoms with Gasteiger partial charge in [0.2, 0.25) is 5.91 Å². The summed E-state index contributed by atoms with van der Waals surface area (Å²) in [5.74, 6) is 0.0496. The van der Waals surface area contributed by atoms with Gasteiger partial charge >= 0.3 is 0 Å². The highest BCUT2D eigenvalue weighted by Gasteiger charge is 2.21. The molecule has 0 aromatic rings. The molecule has 0 bridgehead atoms. The van der Waals surface area contributed by atoms with Gasteiger partial charge in [0.1, 0.15) is 5.38 Å². The minimum absolute atomic E-state index is 0.0496. The van der Waals surface area contributed by atoms with Crippen LogP contribution in [0.15, 0.2) is 11.1 Å². The van der Waals surface area contributed by atoms with E-state index >= 15 is 0 Å². The molecule has 0 N–H and O–H groups in total. The number of nitrogens with zero attached hydrogens (tertiary/aromatic N) is 1. The van der Waals surface area contributed by atoms with E-state index in [-0.39, 0.29) is 5.91 Å². The van der Waals surface area contributed by atoms with Crippen molar-refractivity contribution in [3.8, 4) is 0 Å². The summed E-state index contributed by atoms with van der Waals surface area (Å²) in [6, 6.07) is 0. The summed E-state index contributed by atoms with van der Waals surface area (Å²) in [5.41, 5.74) is 2.71. The molecule has 0 aromatic carbocycles. The van der Waals surface area contributed by atoms with Crippen molar-refractivity contribution in [3.05, 3.63) is 11.1 Å². The summed E-state index contributed by atoms with van der Waals surface area (Å²) in [6.07, 6.45) is 0.987. The van der Waals surface area contributed by atoms with Gasteiger partial charge in [0.25, 0.3) is 0 Å². The maximum absolute atomic E-state index is 11.5. The Morgan fingerprint density at radius 1 is 1.46 bits per heavy atom. The van der Waals surface area contributed by atoms with E-state index in [4.69, 9.17) is 11.6 Å². The van der Waals surface area contributed by atoms with Crippen LogP contribution in [0.25, 0.3) is 0 Å². The van der Waals surface area contributed by atoms with Crippen molar-refractivity contribution >= 4 is 17.5 Å². The van der Waals surface area contributed by atoms with E-state index in [1.807, 2.05) is 4.90 Å². The van der Waals surface area contributed by atoms with Crippen LogP contribution in [0.2, 0.25) is 0 Å². The Bertz CT molecular complexity index is 245. The first-order valence-electron chi connectivity index (χ1n) is 4.60. The Labute approximate surface area is 84.6 Å². The Morgan fingerprint density at radius 3 is 2.54 bits per heavy atom. The first-order chi connectivity index (χ1) is 6.02. The van der Waals surface area contributed by atoms with Gasteiger partial charge in [0.05, 0.1) is 0 Å². The van der Waals surface area contributed by atoms with Crippen LogP contribution in [-0.2, 0) is 4.79 Å². The Kier molecular flexibility index (Phi) is 3.37. The molecule has 0 aromatic heterocycles. The lowest BCUT2D eigenvalue weighted by atomic mass is 10.0. The summed E-state index contributed by atoms with van der Waals surface area (Å²) in [7, 11) is 0. The Hall–Kier alpha value is -0.500. The number of alkyl halides is 1. The van der Waals surface area contributed by atoms with E-state index in [1.54, 1.807) is 6.92 Å². The lowest BCUT2D eigenvalue weighted by molar-refractivity contribution is -0.130. The third-order valence-electron chi connectivity index (χ3n) is 2.57. The van der Waals surface area contributed by atoms with Crippen LogP contribution in [0.5, 0.6) is 0 Å².